The lowest BCUT2D eigenvalue weighted by Crippen LogP contribution is -2.34. The molecule has 1 aliphatic rings. The number of halogens is 1. The number of aromatic nitrogens is 2. The summed E-state index contributed by atoms with van der Waals surface area (Å²) in [6, 6.07) is 19.0. The van der Waals surface area contributed by atoms with Gasteiger partial charge in [0, 0.05) is 24.0 Å². The van der Waals surface area contributed by atoms with E-state index in [9.17, 15) is 0 Å². The Balaban J connectivity index is 1.62. The summed E-state index contributed by atoms with van der Waals surface area (Å²) >= 11 is 6.11. The van der Waals surface area contributed by atoms with Crippen LogP contribution >= 0.6 is 11.6 Å². The van der Waals surface area contributed by atoms with Gasteiger partial charge in [0.15, 0.2) is 0 Å². The van der Waals surface area contributed by atoms with Gasteiger partial charge in [0.25, 0.3) is 0 Å². The summed E-state index contributed by atoms with van der Waals surface area (Å²) in [7, 11) is 0. The molecular weight excluding hydrogens is 330 g/mol. The van der Waals surface area contributed by atoms with Crippen molar-refractivity contribution < 1.29 is 0 Å². The molecule has 1 atom stereocenters. The van der Waals surface area contributed by atoms with Gasteiger partial charge in [-0.1, -0.05) is 48.0 Å². The predicted octanol–water partition coefficient (Wildman–Crippen LogP) is 5.53. The monoisotopic (exact) mass is 349 g/mol. The molecule has 1 unspecified atom stereocenters. The van der Waals surface area contributed by atoms with Gasteiger partial charge in [0.2, 0.25) is 5.95 Å². The van der Waals surface area contributed by atoms with E-state index in [1.165, 1.54) is 24.0 Å². The summed E-state index contributed by atoms with van der Waals surface area (Å²) in [6.07, 6.45) is 7.20. The number of rotatable bonds is 3. The number of anilines is 1. The van der Waals surface area contributed by atoms with E-state index in [2.05, 4.69) is 45.2 Å². The maximum atomic E-state index is 6.11. The Hall–Kier alpha value is -2.39. The molecule has 4 rings (SSSR count). The van der Waals surface area contributed by atoms with Crippen LogP contribution in [0.1, 0.15) is 30.9 Å². The molecule has 3 aromatic rings. The van der Waals surface area contributed by atoms with Gasteiger partial charge in [-0.3, -0.25) is 0 Å². The molecule has 2 aromatic carbocycles. The minimum absolute atomic E-state index is 0.338. The number of piperidine rings is 1. The Morgan fingerprint density at radius 1 is 0.880 bits per heavy atom. The van der Waals surface area contributed by atoms with Crippen LogP contribution < -0.4 is 4.90 Å². The lowest BCUT2D eigenvalue weighted by molar-refractivity contribution is 0.465. The van der Waals surface area contributed by atoms with Crippen molar-refractivity contribution >= 4 is 17.5 Å². The molecule has 25 heavy (non-hydrogen) atoms. The van der Waals surface area contributed by atoms with Crippen LogP contribution in [0.3, 0.4) is 0 Å². The molecule has 1 fully saturated rings. The Morgan fingerprint density at radius 3 is 2.44 bits per heavy atom. The highest BCUT2D eigenvalue weighted by molar-refractivity contribution is 6.30. The highest BCUT2D eigenvalue weighted by Gasteiger charge is 2.25. The maximum absolute atomic E-state index is 6.11. The lowest BCUT2D eigenvalue weighted by atomic mass is 9.94. The fraction of sp³-hybridized carbons (Fsp3) is 0.238. The second kappa shape index (κ2) is 7.24. The van der Waals surface area contributed by atoms with Crippen molar-refractivity contribution in [3.8, 4) is 11.1 Å². The molecule has 1 saturated heterocycles. The van der Waals surface area contributed by atoms with Gasteiger partial charge in [0.1, 0.15) is 0 Å². The molecule has 0 bridgehead atoms. The van der Waals surface area contributed by atoms with Crippen LogP contribution in [0, 0.1) is 0 Å². The van der Waals surface area contributed by atoms with Gasteiger partial charge in [-0.15, -0.1) is 0 Å². The van der Waals surface area contributed by atoms with E-state index in [0.717, 1.165) is 29.5 Å². The smallest absolute Gasteiger partial charge is 0.225 e. The van der Waals surface area contributed by atoms with E-state index in [4.69, 9.17) is 11.6 Å². The first-order valence-electron chi connectivity index (χ1n) is 8.71. The zero-order chi connectivity index (χ0) is 17.1. The van der Waals surface area contributed by atoms with E-state index in [0.29, 0.717) is 6.04 Å². The highest BCUT2D eigenvalue weighted by atomic mass is 35.5. The summed E-state index contributed by atoms with van der Waals surface area (Å²) in [5, 5.41) is 0.765. The SMILES string of the molecule is Clc1cccc(-c2ccc(C3CCCCN3c3ncccn3)cc2)c1. The third-order valence-corrected chi connectivity index (χ3v) is 5.00. The van der Waals surface area contributed by atoms with E-state index in [-0.39, 0.29) is 0 Å². The minimum atomic E-state index is 0.338. The third-order valence-electron chi connectivity index (χ3n) is 4.77. The summed E-state index contributed by atoms with van der Waals surface area (Å²) in [6.45, 7) is 1.00. The number of benzene rings is 2. The zero-order valence-corrected chi connectivity index (χ0v) is 14.7. The van der Waals surface area contributed by atoms with Crippen molar-refractivity contribution in [3.05, 3.63) is 77.6 Å². The average molecular weight is 350 g/mol. The maximum Gasteiger partial charge on any atom is 0.225 e. The van der Waals surface area contributed by atoms with Crippen LogP contribution in [0.4, 0.5) is 5.95 Å². The molecule has 1 aromatic heterocycles. The first-order chi connectivity index (χ1) is 12.3. The molecule has 126 valence electrons. The second-order valence-electron chi connectivity index (χ2n) is 6.39. The van der Waals surface area contributed by atoms with Crippen LogP contribution in [0.15, 0.2) is 67.0 Å². The van der Waals surface area contributed by atoms with Gasteiger partial charge in [-0.05, 0) is 54.2 Å². The fourth-order valence-corrected chi connectivity index (χ4v) is 3.71. The number of nitrogens with zero attached hydrogens (tertiary/aromatic N) is 3. The van der Waals surface area contributed by atoms with Crippen molar-refractivity contribution in [2.24, 2.45) is 0 Å². The van der Waals surface area contributed by atoms with Crippen molar-refractivity contribution in [2.45, 2.75) is 25.3 Å². The van der Waals surface area contributed by atoms with E-state index >= 15 is 0 Å². The van der Waals surface area contributed by atoms with Crippen LogP contribution in [0.5, 0.6) is 0 Å². The van der Waals surface area contributed by atoms with Crippen LogP contribution in [0.25, 0.3) is 11.1 Å². The standard InChI is InChI=1S/C21H20ClN3/c22-19-6-3-5-18(15-19)16-8-10-17(11-9-16)20-7-1-2-14-25(20)21-23-12-4-13-24-21/h3-6,8-13,15,20H,1-2,7,14H2. The molecular formula is C21H20ClN3. The van der Waals surface area contributed by atoms with Crippen LogP contribution in [0.2, 0.25) is 5.02 Å². The first-order valence-corrected chi connectivity index (χ1v) is 9.08. The molecule has 1 aliphatic heterocycles. The van der Waals surface area contributed by atoms with Gasteiger partial charge in [0.05, 0.1) is 6.04 Å². The Bertz CT molecular complexity index is 833. The van der Waals surface area contributed by atoms with Crippen LogP contribution in [-0.2, 0) is 0 Å². The summed E-state index contributed by atoms with van der Waals surface area (Å²) in [5.74, 6) is 0.825. The summed E-state index contributed by atoms with van der Waals surface area (Å²) < 4.78 is 0. The molecule has 0 radical (unpaired) electrons. The average Bonchev–Trinajstić information content (AvgIpc) is 2.69. The minimum Gasteiger partial charge on any atom is -0.334 e. The lowest BCUT2D eigenvalue weighted by Gasteiger charge is -2.36. The van der Waals surface area contributed by atoms with E-state index in [1.807, 2.05) is 36.7 Å². The fourth-order valence-electron chi connectivity index (χ4n) is 3.52. The quantitative estimate of drug-likeness (QED) is 0.622. The molecule has 3 nitrogen and oxygen atoms in total. The Labute approximate surface area is 153 Å². The molecule has 0 N–H and O–H groups in total. The molecule has 0 aliphatic carbocycles. The first kappa shape index (κ1) is 16.1. The Morgan fingerprint density at radius 2 is 1.68 bits per heavy atom. The van der Waals surface area contributed by atoms with Gasteiger partial charge >= 0.3 is 0 Å². The van der Waals surface area contributed by atoms with Crippen LogP contribution in [-0.4, -0.2) is 16.5 Å². The largest absolute Gasteiger partial charge is 0.334 e. The van der Waals surface area contributed by atoms with E-state index in [1.54, 1.807) is 0 Å². The highest BCUT2D eigenvalue weighted by Crippen LogP contribution is 2.34. The van der Waals surface area contributed by atoms with E-state index < -0.39 is 0 Å². The topological polar surface area (TPSA) is 29.0 Å². The Kier molecular flexibility index (Phi) is 4.66. The van der Waals surface area contributed by atoms with Gasteiger partial charge < -0.3 is 4.90 Å². The van der Waals surface area contributed by atoms with Gasteiger partial charge in [-0.2, -0.15) is 0 Å². The molecule has 2 heterocycles. The van der Waals surface area contributed by atoms with Crippen molar-refractivity contribution in [3.63, 3.8) is 0 Å². The van der Waals surface area contributed by atoms with Crippen molar-refractivity contribution in [1.82, 2.24) is 9.97 Å². The third kappa shape index (κ3) is 3.52. The van der Waals surface area contributed by atoms with Crippen molar-refractivity contribution in [1.29, 1.82) is 0 Å². The molecule has 0 saturated carbocycles. The molecule has 4 heteroatoms. The zero-order valence-electron chi connectivity index (χ0n) is 14.0. The second-order valence-corrected chi connectivity index (χ2v) is 6.82. The molecule has 0 spiro atoms. The summed E-state index contributed by atoms with van der Waals surface area (Å²) in [4.78, 5) is 11.2. The van der Waals surface area contributed by atoms with Crippen molar-refractivity contribution in [2.75, 3.05) is 11.4 Å². The molecule has 0 amide bonds. The number of hydrogen-bond acceptors (Lipinski definition) is 3. The normalized spacial score (nSPS) is 17.5. The summed E-state index contributed by atoms with van der Waals surface area (Å²) in [5.41, 5.74) is 3.65. The predicted molar refractivity (Wildman–Crippen MR) is 103 cm³/mol. The van der Waals surface area contributed by atoms with Gasteiger partial charge in [-0.25, -0.2) is 9.97 Å². The number of hydrogen-bond donors (Lipinski definition) is 0.